The van der Waals surface area contributed by atoms with Gasteiger partial charge in [-0.3, -0.25) is 4.72 Å². The molecule has 2 aromatic carbocycles. The van der Waals surface area contributed by atoms with Crippen LogP contribution in [0, 0.1) is 19.7 Å². The maximum Gasteiger partial charge on any atom is 0.262 e. The predicted octanol–water partition coefficient (Wildman–Crippen LogP) is 4.01. The molecule has 6 heteroatoms. The summed E-state index contributed by atoms with van der Waals surface area (Å²) < 4.78 is 40.8. The molecule has 0 aromatic heterocycles. The molecule has 2 aromatic rings. The van der Waals surface area contributed by atoms with Crippen molar-refractivity contribution in [3.05, 3.63) is 57.8 Å². The number of halogens is 2. The van der Waals surface area contributed by atoms with Crippen molar-refractivity contribution in [1.29, 1.82) is 0 Å². The molecular weight excluding hydrogens is 345 g/mol. The first-order valence-electron chi connectivity index (χ1n) is 5.85. The molecule has 0 atom stereocenters. The summed E-state index contributed by atoms with van der Waals surface area (Å²) in [5.41, 5.74) is 1.79. The summed E-state index contributed by atoms with van der Waals surface area (Å²) in [6.45, 7) is 3.55. The molecule has 20 heavy (non-hydrogen) atoms. The van der Waals surface area contributed by atoms with Crippen LogP contribution in [0.4, 0.5) is 10.1 Å². The maximum atomic E-state index is 12.8. The average molecular weight is 358 g/mol. The fourth-order valence-corrected chi connectivity index (χ4v) is 3.60. The lowest BCUT2D eigenvalue weighted by atomic mass is 10.2. The number of hydrogen-bond acceptors (Lipinski definition) is 2. The fraction of sp³-hybridized carbons (Fsp3) is 0.143. The highest BCUT2D eigenvalue weighted by atomic mass is 79.9. The first-order chi connectivity index (χ1) is 9.29. The summed E-state index contributed by atoms with van der Waals surface area (Å²) in [5, 5.41) is 0. The van der Waals surface area contributed by atoms with Gasteiger partial charge in [0, 0.05) is 10.2 Å². The summed E-state index contributed by atoms with van der Waals surface area (Å²) in [4.78, 5) is 0.211. The highest BCUT2D eigenvalue weighted by Crippen LogP contribution is 2.25. The normalized spacial score (nSPS) is 11.4. The molecule has 0 aliphatic carbocycles. The van der Waals surface area contributed by atoms with Crippen LogP contribution in [0.15, 0.2) is 45.8 Å². The van der Waals surface area contributed by atoms with Crippen LogP contribution in [-0.4, -0.2) is 8.42 Å². The Hall–Kier alpha value is -1.40. The molecule has 2 rings (SSSR count). The summed E-state index contributed by atoms with van der Waals surface area (Å²) in [6.07, 6.45) is 0. The number of sulfonamides is 1. The Morgan fingerprint density at radius 2 is 1.65 bits per heavy atom. The van der Waals surface area contributed by atoms with Crippen molar-refractivity contribution in [2.45, 2.75) is 18.7 Å². The Labute approximate surface area is 126 Å². The van der Waals surface area contributed by atoms with Gasteiger partial charge in [-0.15, -0.1) is 0 Å². The first-order valence-corrected chi connectivity index (χ1v) is 8.12. The monoisotopic (exact) mass is 357 g/mol. The minimum absolute atomic E-state index is 0.211. The molecular formula is C14H13BrFNO2S. The van der Waals surface area contributed by atoms with Gasteiger partial charge in [-0.1, -0.05) is 15.9 Å². The molecule has 0 spiro atoms. The number of anilines is 1. The van der Waals surface area contributed by atoms with E-state index in [1.165, 1.54) is 24.3 Å². The number of hydrogen-bond donors (Lipinski definition) is 1. The Bertz CT molecular complexity index is 743. The van der Waals surface area contributed by atoms with Crippen LogP contribution < -0.4 is 4.72 Å². The molecule has 0 saturated heterocycles. The van der Waals surface area contributed by atoms with Gasteiger partial charge in [0.2, 0.25) is 0 Å². The molecule has 0 aliphatic rings. The first kappa shape index (κ1) is 15.0. The van der Waals surface area contributed by atoms with Gasteiger partial charge >= 0.3 is 0 Å². The molecule has 1 N–H and O–H groups in total. The average Bonchev–Trinajstić information content (AvgIpc) is 2.36. The zero-order valence-corrected chi connectivity index (χ0v) is 13.3. The largest absolute Gasteiger partial charge is 0.280 e. The van der Waals surface area contributed by atoms with Crippen molar-refractivity contribution in [3.63, 3.8) is 0 Å². The van der Waals surface area contributed by atoms with Crippen LogP contribution in [0.1, 0.15) is 11.1 Å². The molecule has 0 bridgehead atoms. The predicted molar refractivity (Wildman–Crippen MR) is 80.8 cm³/mol. The second-order valence-corrected chi connectivity index (χ2v) is 6.98. The summed E-state index contributed by atoms with van der Waals surface area (Å²) in [5.74, 6) is -0.413. The number of benzene rings is 2. The maximum absolute atomic E-state index is 12.8. The minimum atomic E-state index is -3.69. The van der Waals surface area contributed by atoms with E-state index in [-0.39, 0.29) is 4.90 Å². The van der Waals surface area contributed by atoms with Crippen molar-refractivity contribution in [3.8, 4) is 0 Å². The lowest BCUT2D eigenvalue weighted by Crippen LogP contribution is -2.14. The summed E-state index contributed by atoms with van der Waals surface area (Å²) >= 11 is 3.36. The van der Waals surface area contributed by atoms with E-state index >= 15 is 0 Å². The summed E-state index contributed by atoms with van der Waals surface area (Å²) in [7, 11) is -3.69. The standard InChI is InChI=1S/C14H13BrFNO2S/c1-9-8-14(10(2)7-13(9)15)20(18,19)17-12-5-3-11(16)4-6-12/h3-8,17H,1-2H3. The zero-order valence-electron chi connectivity index (χ0n) is 10.9. The molecule has 0 unspecified atom stereocenters. The number of rotatable bonds is 3. The molecule has 0 fully saturated rings. The molecule has 0 aliphatic heterocycles. The highest BCUT2D eigenvalue weighted by Gasteiger charge is 2.18. The Morgan fingerprint density at radius 3 is 2.25 bits per heavy atom. The Kier molecular flexibility index (Phi) is 4.15. The third kappa shape index (κ3) is 3.19. The van der Waals surface area contributed by atoms with Crippen molar-refractivity contribution in [2.75, 3.05) is 4.72 Å². The third-order valence-corrected chi connectivity index (χ3v) is 5.22. The highest BCUT2D eigenvalue weighted by molar-refractivity contribution is 9.10. The van der Waals surface area contributed by atoms with Gasteiger partial charge < -0.3 is 0 Å². The van der Waals surface area contributed by atoms with E-state index in [2.05, 4.69) is 20.7 Å². The molecule has 0 heterocycles. The van der Waals surface area contributed by atoms with E-state index in [1.54, 1.807) is 19.1 Å². The van der Waals surface area contributed by atoms with E-state index in [9.17, 15) is 12.8 Å². The quantitative estimate of drug-likeness (QED) is 0.901. The summed E-state index contributed by atoms with van der Waals surface area (Å²) in [6, 6.07) is 8.54. The third-order valence-electron chi connectivity index (χ3n) is 2.84. The van der Waals surface area contributed by atoms with E-state index in [0.717, 1.165) is 10.0 Å². The zero-order chi connectivity index (χ0) is 14.9. The van der Waals surface area contributed by atoms with Gasteiger partial charge in [0.15, 0.2) is 0 Å². The van der Waals surface area contributed by atoms with Gasteiger partial charge in [0.25, 0.3) is 10.0 Å². The van der Waals surface area contributed by atoms with Gasteiger partial charge in [0.1, 0.15) is 5.82 Å². The number of nitrogens with one attached hydrogen (secondary N) is 1. The van der Waals surface area contributed by atoms with Gasteiger partial charge in [-0.05, 0) is 61.4 Å². The Balaban J connectivity index is 2.40. The fourth-order valence-electron chi connectivity index (χ4n) is 1.77. The second kappa shape index (κ2) is 5.54. The SMILES string of the molecule is Cc1cc(S(=O)(=O)Nc2ccc(F)cc2)c(C)cc1Br. The molecule has 0 amide bonds. The van der Waals surface area contributed by atoms with Crippen molar-refractivity contribution < 1.29 is 12.8 Å². The van der Waals surface area contributed by atoms with E-state index in [4.69, 9.17) is 0 Å². The number of aryl methyl sites for hydroxylation is 2. The van der Waals surface area contributed by atoms with E-state index < -0.39 is 15.8 Å². The van der Waals surface area contributed by atoms with Crippen LogP contribution in [0.3, 0.4) is 0 Å². The van der Waals surface area contributed by atoms with E-state index in [1.807, 2.05) is 6.92 Å². The smallest absolute Gasteiger partial charge is 0.262 e. The second-order valence-electron chi connectivity index (χ2n) is 4.48. The van der Waals surface area contributed by atoms with E-state index in [0.29, 0.717) is 11.3 Å². The lowest BCUT2D eigenvalue weighted by molar-refractivity contribution is 0.600. The van der Waals surface area contributed by atoms with Crippen LogP contribution in [-0.2, 0) is 10.0 Å². The van der Waals surface area contributed by atoms with Crippen molar-refractivity contribution >= 4 is 31.6 Å². The van der Waals surface area contributed by atoms with Crippen LogP contribution in [0.25, 0.3) is 0 Å². The van der Waals surface area contributed by atoms with Crippen LogP contribution in [0.2, 0.25) is 0 Å². The topological polar surface area (TPSA) is 46.2 Å². The van der Waals surface area contributed by atoms with Gasteiger partial charge in [-0.25, -0.2) is 12.8 Å². The lowest BCUT2D eigenvalue weighted by Gasteiger charge is -2.12. The molecule has 3 nitrogen and oxygen atoms in total. The minimum Gasteiger partial charge on any atom is -0.280 e. The molecule has 0 saturated carbocycles. The Morgan fingerprint density at radius 1 is 1.05 bits per heavy atom. The van der Waals surface area contributed by atoms with Gasteiger partial charge in [-0.2, -0.15) is 0 Å². The molecule has 106 valence electrons. The van der Waals surface area contributed by atoms with Crippen LogP contribution in [0.5, 0.6) is 0 Å². The van der Waals surface area contributed by atoms with Crippen molar-refractivity contribution in [1.82, 2.24) is 0 Å². The van der Waals surface area contributed by atoms with Gasteiger partial charge in [0.05, 0.1) is 4.90 Å². The molecule has 0 radical (unpaired) electrons. The van der Waals surface area contributed by atoms with Crippen LogP contribution >= 0.6 is 15.9 Å². The van der Waals surface area contributed by atoms with Crippen molar-refractivity contribution in [2.24, 2.45) is 0 Å².